The van der Waals surface area contributed by atoms with E-state index in [2.05, 4.69) is 106 Å². The van der Waals surface area contributed by atoms with Crippen molar-refractivity contribution in [2.75, 3.05) is 6.61 Å². The van der Waals surface area contributed by atoms with Crippen LogP contribution in [0.25, 0.3) is 0 Å². The van der Waals surface area contributed by atoms with E-state index in [4.69, 9.17) is 16.3 Å². The van der Waals surface area contributed by atoms with Crippen LogP contribution in [-0.4, -0.2) is 12.6 Å². The number of ether oxygens (including phenoxy) is 1. The van der Waals surface area contributed by atoms with E-state index in [0.717, 1.165) is 37.7 Å². The van der Waals surface area contributed by atoms with Gasteiger partial charge in [0.2, 0.25) is 0 Å². The SMILES string of the molecule is CCCCOC(=O)C(C)C(C)C(CC(CC(CC)c1ccccc1)c1ccc(CCl)cc1)c1ccccc1. The van der Waals surface area contributed by atoms with E-state index in [1.54, 1.807) is 0 Å². The smallest absolute Gasteiger partial charge is 0.308 e. The fraction of sp³-hybridized carbons (Fsp3) is 0.457. The van der Waals surface area contributed by atoms with Crippen molar-refractivity contribution >= 4 is 17.6 Å². The third kappa shape index (κ3) is 8.46. The van der Waals surface area contributed by atoms with Crippen LogP contribution in [0.3, 0.4) is 0 Å². The van der Waals surface area contributed by atoms with Crippen LogP contribution in [0.4, 0.5) is 0 Å². The van der Waals surface area contributed by atoms with Crippen LogP contribution >= 0.6 is 11.6 Å². The van der Waals surface area contributed by atoms with Gasteiger partial charge in [-0.25, -0.2) is 0 Å². The van der Waals surface area contributed by atoms with Gasteiger partial charge in [0.05, 0.1) is 12.5 Å². The molecule has 3 rings (SSSR count). The van der Waals surface area contributed by atoms with Crippen molar-refractivity contribution in [2.24, 2.45) is 11.8 Å². The van der Waals surface area contributed by atoms with Gasteiger partial charge < -0.3 is 4.74 Å². The molecule has 0 saturated carbocycles. The highest BCUT2D eigenvalue weighted by molar-refractivity contribution is 6.17. The third-order valence-corrected chi connectivity index (χ3v) is 8.55. The first-order valence-electron chi connectivity index (χ1n) is 14.4. The van der Waals surface area contributed by atoms with Gasteiger partial charge in [0.15, 0.2) is 0 Å². The number of alkyl halides is 1. The van der Waals surface area contributed by atoms with Crippen LogP contribution in [0.1, 0.15) is 99.8 Å². The second-order valence-corrected chi connectivity index (χ2v) is 11.0. The Balaban J connectivity index is 1.94. The Hall–Kier alpha value is -2.58. The first-order valence-corrected chi connectivity index (χ1v) is 14.9. The second kappa shape index (κ2) is 15.7. The molecule has 3 aromatic rings. The summed E-state index contributed by atoms with van der Waals surface area (Å²) < 4.78 is 5.65. The number of carbonyl (C=O) groups is 1. The second-order valence-electron chi connectivity index (χ2n) is 10.7. The normalized spacial score (nSPS) is 15.3. The van der Waals surface area contributed by atoms with Gasteiger partial charge in [0.1, 0.15) is 0 Å². The summed E-state index contributed by atoms with van der Waals surface area (Å²) in [6.07, 6.45) is 5.06. The number of hydrogen-bond donors (Lipinski definition) is 0. The summed E-state index contributed by atoms with van der Waals surface area (Å²) in [5, 5.41) is 0. The fourth-order valence-corrected chi connectivity index (χ4v) is 5.71. The Morgan fingerprint density at radius 1 is 0.763 bits per heavy atom. The molecule has 0 fully saturated rings. The number of rotatable bonds is 15. The molecular weight excluding hydrogens is 488 g/mol. The third-order valence-electron chi connectivity index (χ3n) is 8.24. The number of carbonyl (C=O) groups excluding carboxylic acids is 1. The van der Waals surface area contributed by atoms with Crippen molar-refractivity contribution in [1.29, 1.82) is 0 Å². The summed E-state index contributed by atoms with van der Waals surface area (Å²) in [7, 11) is 0. The lowest BCUT2D eigenvalue weighted by molar-refractivity contribution is -0.150. The van der Waals surface area contributed by atoms with Gasteiger partial charge in [-0.2, -0.15) is 0 Å². The van der Waals surface area contributed by atoms with Crippen LogP contribution in [0.5, 0.6) is 0 Å². The Kier molecular flexibility index (Phi) is 12.4. The molecular formula is C35H45ClO2. The molecule has 0 spiro atoms. The van der Waals surface area contributed by atoms with Gasteiger partial charge in [0, 0.05) is 5.88 Å². The van der Waals surface area contributed by atoms with E-state index in [1.165, 1.54) is 16.7 Å². The van der Waals surface area contributed by atoms with Crippen molar-refractivity contribution in [2.45, 2.75) is 83.4 Å². The molecule has 5 atom stereocenters. The lowest BCUT2D eigenvalue weighted by atomic mass is 9.71. The summed E-state index contributed by atoms with van der Waals surface area (Å²) in [5.41, 5.74) is 5.18. The number of benzene rings is 3. The average Bonchev–Trinajstić information content (AvgIpc) is 2.97. The number of halogens is 1. The van der Waals surface area contributed by atoms with Gasteiger partial charge in [0.25, 0.3) is 0 Å². The predicted octanol–water partition coefficient (Wildman–Crippen LogP) is 9.88. The van der Waals surface area contributed by atoms with E-state index in [1.807, 2.05) is 6.92 Å². The number of hydrogen-bond acceptors (Lipinski definition) is 2. The first kappa shape index (κ1) is 30.0. The lowest BCUT2D eigenvalue weighted by Gasteiger charge is -2.33. The summed E-state index contributed by atoms with van der Waals surface area (Å²) >= 11 is 6.12. The molecule has 0 radical (unpaired) electrons. The van der Waals surface area contributed by atoms with E-state index in [-0.39, 0.29) is 23.7 Å². The molecule has 0 saturated heterocycles. The molecule has 0 amide bonds. The average molecular weight is 533 g/mol. The predicted molar refractivity (Wildman–Crippen MR) is 161 cm³/mol. The van der Waals surface area contributed by atoms with Crippen molar-refractivity contribution in [1.82, 2.24) is 0 Å². The summed E-state index contributed by atoms with van der Waals surface area (Å²) in [5.74, 6) is 1.47. The van der Waals surface area contributed by atoms with Crippen molar-refractivity contribution in [3.8, 4) is 0 Å². The highest BCUT2D eigenvalue weighted by Crippen LogP contribution is 2.43. The molecule has 0 aliphatic heterocycles. The van der Waals surface area contributed by atoms with E-state index >= 15 is 0 Å². The van der Waals surface area contributed by atoms with E-state index in [9.17, 15) is 4.79 Å². The highest BCUT2D eigenvalue weighted by Gasteiger charge is 2.32. The minimum Gasteiger partial charge on any atom is -0.465 e. The zero-order valence-electron chi connectivity index (χ0n) is 23.6. The Morgan fingerprint density at radius 2 is 1.34 bits per heavy atom. The topological polar surface area (TPSA) is 26.3 Å². The number of unbranched alkanes of at least 4 members (excludes halogenated alkanes) is 1. The molecule has 0 N–H and O–H groups in total. The first-order chi connectivity index (χ1) is 18.5. The molecule has 3 aromatic carbocycles. The zero-order valence-corrected chi connectivity index (χ0v) is 24.4. The van der Waals surface area contributed by atoms with Crippen LogP contribution in [-0.2, 0) is 15.4 Å². The van der Waals surface area contributed by atoms with Crippen LogP contribution in [0.15, 0.2) is 84.9 Å². The minimum absolute atomic E-state index is 0.0781. The maximum Gasteiger partial charge on any atom is 0.308 e. The Labute approximate surface area is 235 Å². The molecule has 0 heterocycles. The zero-order chi connectivity index (χ0) is 27.3. The van der Waals surface area contributed by atoms with Crippen molar-refractivity contribution in [3.63, 3.8) is 0 Å². The van der Waals surface area contributed by atoms with Crippen molar-refractivity contribution in [3.05, 3.63) is 107 Å². The largest absolute Gasteiger partial charge is 0.465 e. The summed E-state index contributed by atoms with van der Waals surface area (Å²) in [4.78, 5) is 13.0. The number of esters is 1. The maximum absolute atomic E-state index is 13.0. The van der Waals surface area contributed by atoms with Gasteiger partial charge in [-0.1, -0.05) is 119 Å². The van der Waals surface area contributed by atoms with Gasteiger partial charge in [-0.3, -0.25) is 4.79 Å². The van der Waals surface area contributed by atoms with Crippen LogP contribution in [0.2, 0.25) is 0 Å². The van der Waals surface area contributed by atoms with Gasteiger partial charge in [-0.15, -0.1) is 11.6 Å². The lowest BCUT2D eigenvalue weighted by Crippen LogP contribution is -2.27. The molecule has 0 aliphatic rings. The maximum atomic E-state index is 13.0. The summed E-state index contributed by atoms with van der Waals surface area (Å²) in [6.45, 7) is 9.18. The Bertz CT molecular complexity index is 1060. The minimum atomic E-state index is -0.174. The molecule has 0 aromatic heterocycles. The van der Waals surface area contributed by atoms with E-state index in [0.29, 0.717) is 24.3 Å². The van der Waals surface area contributed by atoms with Gasteiger partial charge >= 0.3 is 5.97 Å². The molecule has 5 unspecified atom stereocenters. The van der Waals surface area contributed by atoms with Crippen LogP contribution in [0, 0.1) is 11.8 Å². The Morgan fingerprint density at radius 3 is 1.89 bits per heavy atom. The summed E-state index contributed by atoms with van der Waals surface area (Å²) in [6, 6.07) is 30.5. The van der Waals surface area contributed by atoms with Crippen LogP contribution < -0.4 is 0 Å². The van der Waals surface area contributed by atoms with Gasteiger partial charge in [-0.05, 0) is 71.6 Å². The molecule has 38 heavy (non-hydrogen) atoms. The molecule has 2 nitrogen and oxygen atoms in total. The molecule has 204 valence electrons. The highest BCUT2D eigenvalue weighted by atomic mass is 35.5. The fourth-order valence-electron chi connectivity index (χ4n) is 5.53. The van der Waals surface area contributed by atoms with E-state index < -0.39 is 0 Å². The molecule has 0 bridgehead atoms. The molecule has 0 aliphatic carbocycles. The van der Waals surface area contributed by atoms with Crippen molar-refractivity contribution < 1.29 is 9.53 Å². The molecule has 3 heteroatoms. The standard InChI is InChI=1S/C35H45ClO2/c1-5-7-22-38-35(37)27(4)26(3)34(32-16-12-9-13-17-32)24-33(31-20-18-28(25-36)19-21-31)23-29(6-2)30-14-10-8-11-15-30/h8-21,26-27,29,33-34H,5-7,22-25H2,1-4H3. The quantitative estimate of drug-likeness (QED) is 0.110. The monoisotopic (exact) mass is 532 g/mol.